The van der Waals surface area contributed by atoms with Gasteiger partial charge in [0.05, 0.1) is 5.39 Å². The van der Waals surface area contributed by atoms with Crippen molar-refractivity contribution < 1.29 is 28.5 Å². The standard InChI is InChI=1S/C21H29N5O7/c1-9(2)13(23-10(3)27)19(29)30-8-12-14-15(33-21(4,5)32-14)18(31-12)26-7-6-11-16(26)24-20(22)25-17(11)28/h6-7,9,12-15,18H,8H2,1-5H3,(H,23,27)(H3,22,24,25,28)/t12-,13+,14-,15-,18-/m1/s1. The molecular weight excluding hydrogens is 434 g/mol. The Morgan fingerprint density at radius 2 is 2.03 bits per heavy atom. The van der Waals surface area contributed by atoms with Crippen molar-refractivity contribution in [3.05, 3.63) is 22.6 Å². The molecule has 2 aliphatic heterocycles. The molecule has 33 heavy (non-hydrogen) atoms. The maximum Gasteiger partial charge on any atom is 0.328 e. The van der Waals surface area contributed by atoms with Gasteiger partial charge in [-0.25, -0.2) is 4.79 Å². The first-order valence-corrected chi connectivity index (χ1v) is 10.8. The third-order valence-corrected chi connectivity index (χ3v) is 5.67. The second-order valence-corrected chi connectivity index (χ2v) is 9.09. The Morgan fingerprint density at radius 3 is 2.70 bits per heavy atom. The fourth-order valence-corrected chi connectivity index (χ4v) is 4.25. The van der Waals surface area contributed by atoms with Crippen LogP contribution in [0.25, 0.3) is 11.0 Å². The molecule has 4 heterocycles. The number of anilines is 1. The van der Waals surface area contributed by atoms with Crippen molar-refractivity contribution in [1.82, 2.24) is 19.9 Å². The predicted molar refractivity (Wildman–Crippen MR) is 116 cm³/mol. The van der Waals surface area contributed by atoms with E-state index in [4.69, 9.17) is 24.7 Å². The van der Waals surface area contributed by atoms with Gasteiger partial charge in [-0.1, -0.05) is 13.8 Å². The summed E-state index contributed by atoms with van der Waals surface area (Å²) in [5.41, 5.74) is 5.71. The monoisotopic (exact) mass is 463 g/mol. The molecule has 0 unspecified atom stereocenters. The quantitative estimate of drug-likeness (QED) is 0.516. The summed E-state index contributed by atoms with van der Waals surface area (Å²) in [6, 6.07) is 0.841. The van der Waals surface area contributed by atoms with Gasteiger partial charge in [0.2, 0.25) is 11.9 Å². The summed E-state index contributed by atoms with van der Waals surface area (Å²) >= 11 is 0. The first kappa shape index (κ1) is 23.2. The lowest BCUT2D eigenvalue weighted by atomic mass is 10.0. The normalized spacial score (nSPS) is 27.0. The summed E-state index contributed by atoms with van der Waals surface area (Å²) in [7, 11) is 0. The number of aromatic nitrogens is 3. The second kappa shape index (κ2) is 8.43. The molecule has 0 aromatic carbocycles. The number of nitrogens with one attached hydrogen (secondary N) is 2. The number of hydrogen-bond donors (Lipinski definition) is 3. The van der Waals surface area contributed by atoms with E-state index in [9.17, 15) is 14.4 Å². The van der Waals surface area contributed by atoms with Crippen molar-refractivity contribution in [2.24, 2.45) is 5.92 Å². The minimum atomic E-state index is -0.886. The average Bonchev–Trinajstić information content (AvgIpc) is 3.34. The average molecular weight is 463 g/mol. The van der Waals surface area contributed by atoms with E-state index in [1.165, 1.54) is 6.92 Å². The number of nitrogen functional groups attached to an aromatic ring is 1. The molecule has 0 radical (unpaired) electrons. The van der Waals surface area contributed by atoms with Crippen molar-refractivity contribution in [3.63, 3.8) is 0 Å². The molecule has 2 fully saturated rings. The molecule has 0 bridgehead atoms. The van der Waals surface area contributed by atoms with Crippen LogP contribution < -0.4 is 16.6 Å². The van der Waals surface area contributed by atoms with E-state index in [-0.39, 0.29) is 29.9 Å². The zero-order chi connectivity index (χ0) is 24.1. The number of rotatable bonds is 6. The Morgan fingerprint density at radius 1 is 1.33 bits per heavy atom. The summed E-state index contributed by atoms with van der Waals surface area (Å²) in [4.78, 5) is 43.0. The van der Waals surface area contributed by atoms with E-state index in [2.05, 4.69) is 15.3 Å². The highest BCUT2D eigenvalue weighted by Gasteiger charge is 2.56. The Hall–Kier alpha value is -2.96. The van der Waals surface area contributed by atoms with E-state index < -0.39 is 42.3 Å². The minimum absolute atomic E-state index is 0.0194. The van der Waals surface area contributed by atoms with Crippen LogP contribution in [0.2, 0.25) is 0 Å². The number of esters is 1. The minimum Gasteiger partial charge on any atom is -0.461 e. The highest BCUT2D eigenvalue weighted by atomic mass is 16.8. The molecule has 12 nitrogen and oxygen atoms in total. The fourth-order valence-electron chi connectivity index (χ4n) is 4.25. The fraction of sp³-hybridized carbons (Fsp3) is 0.619. The number of fused-ring (bicyclic) bond motifs is 2. The number of carbonyl (C=O) groups excluding carboxylic acids is 2. The van der Waals surface area contributed by atoms with Crippen LogP contribution >= 0.6 is 0 Å². The highest BCUT2D eigenvalue weighted by molar-refractivity contribution is 5.83. The summed E-state index contributed by atoms with van der Waals surface area (Å²) in [5, 5.41) is 2.96. The van der Waals surface area contributed by atoms with E-state index in [1.807, 2.05) is 13.8 Å². The second-order valence-electron chi connectivity index (χ2n) is 9.09. The van der Waals surface area contributed by atoms with Crippen LogP contribution in [0.5, 0.6) is 0 Å². The van der Waals surface area contributed by atoms with Gasteiger partial charge in [-0.05, 0) is 25.8 Å². The van der Waals surface area contributed by atoms with Gasteiger partial charge in [-0.2, -0.15) is 4.98 Å². The lowest BCUT2D eigenvalue weighted by molar-refractivity contribution is -0.202. The smallest absolute Gasteiger partial charge is 0.328 e. The van der Waals surface area contributed by atoms with Crippen molar-refractivity contribution in [2.75, 3.05) is 12.3 Å². The largest absolute Gasteiger partial charge is 0.461 e. The third-order valence-electron chi connectivity index (χ3n) is 5.67. The van der Waals surface area contributed by atoms with Gasteiger partial charge in [0.1, 0.15) is 31.0 Å². The van der Waals surface area contributed by atoms with Crippen LogP contribution in [0.3, 0.4) is 0 Å². The van der Waals surface area contributed by atoms with Gasteiger partial charge in [-0.3, -0.25) is 14.6 Å². The van der Waals surface area contributed by atoms with Gasteiger partial charge in [0.15, 0.2) is 17.7 Å². The lowest BCUT2D eigenvalue weighted by Gasteiger charge is -2.25. The zero-order valence-corrected chi connectivity index (χ0v) is 19.2. The molecule has 5 atom stereocenters. The summed E-state index contributed by atoms with van der Waals surface area (Å²) in [6.07, 6.45) is -0.746. The molecule has 0 spiro atoms. The van der Waals surface area contributed by atoms with Crippen LogP contribution in [0.1, 0.15) is 40.8 Å². The third kappa shape index (κ3) is 4.45. The Balaban J connectivity index is 1.57. The number of hydrogen-bond acceptors (Lipinski definition) is 9. The zero-order valence-electron chi connectivity index (χ0n) is 19.2. The maximum atomic E-state index is 12.6. The first-order chi connectivity index (χ1) is 15.5. The molecule has 4 rings (SSSR count). The molecule has 12 heteroatoms. The van der Waals surface area contributed by atoms with E-state index in [0.717, 1.165) is 0 Å². The van der Waals surface area contributed by atoms with Gasteiger partial charge in [0, 0.05) is 13.1 Å². The van der Waals surface area contributed by atoms with Crippen molar-refractivity contribution in [1.29, 1.82) is 0 Å². The maximum absolute atomic E-state index is 12.6. The Bertz CT molecular complexity index is 1120. The molecular formula is C21H29N5O7. The van der Waals surface area contributed by atoms with Crippen LogP contribution in [0.15, 0.2) is 17.1 Å². The van der Waals surface area contributed by atoms with Crippen molar-refractivity contribution in [2.45, 2.75) is 71.0 Å². The van der Waals surface area contributed by atoms with Crippen LogP contribution in [0, 0.1) is 5.92 Å². The molecule has 2 aliphatic rings. The molecule has 2 aromatic heterocycles. The van der Waals surface area contributed by atoms with Crippen LogP contribution in [0.4, 0.5) is 5.95 Å². The van der Waals surface area contributed by atoms with Crippen molar-refractivity contribution in [3.8, 4) is 0 Å². The first-order valence-electron chi connectivity index (χ1n) is 10.8. The summed E-state index contributed by atoms with van der Waals surface area (Å²) in [6.45, 7) is 8.44. The van der Waals surface area contributed by atoms with Gasteiger partial charge >= 0.3 is 5.97 Å². The van der Waals surface area contributed by atoms with Crippen LogP contribution in [-0.4, -0.2) is 63.2 Å². The number of aromatic amines is 1. The van der Waals surface area contributed by atoms with Crippen LogP contribution in [-0.2, 0) is 28.5 Å². The molecule has 180 valence electrons. The number of H-pyrrole nitrogens is 1. The number of nitrogens with zero attached hydrogens (tertiary/aromatic N) is 2. The molecule has 0 saturated carbocycles. The van der Waals surface area contributed by atoms with E-state index in [1.54, 1.807) is 30.7 Å². The number of amides is 1. The van der Waals surface area contributed by atoms with Gasteiger partial charge in [-0.15, -0.1) is 0 Å². The molecule has 0 aliphatic carbocycles. The molecule has 1 amide bonds. The SMILES string of the molecule is CC(=O)N[C@H](C(=O)OC[C@H]1O[C@@H](n2ccc3c(=O)[nH]c(N)nc32)[C@@H]2OC(C)(C)O[C@@H]21)C(C)C. The van der Waals surface area contributed by atoms with Crippen molar-refractivity contribution >= 4 is 28.9 Å². The molecule has 4 N–H and O–H groups in total. The van der Waals surface area contributed by atoms with Gasteiger partial charge < -0.3 is 34.6 Å². The van der Waals surface area contributed by atoms with E-state index >= 15 is 0 Å². The summed E-state index contributed by atoms with van der Waals surface area (Å²) in [5.74, 6) is -1.94. The molecule has 2 aromatic rings. The summed E-state index contributed by atoms with van der Waals surface area (Å²) < 4.78 is 25.5. The molecule has 2 saturated heterocycles. The highest BCUT2D eigenvalue weighted by Crippen LogP contribution is 2.43. The number of nitrogens with two attached hydrogens (primary N) is 1. The Labute approximate surface area is 189 Å². The van der Waals surface area contributed by atoms with E-state index in [0.29, 0.717) is 11.0 Å². The van der Waals surface area contributed by atoms with Gasteiger partial charge in [0.25, 0.3) is 5.56 Å². The lowest BCUT2D eigenvalue weighted by Crippen LogP contribution is -2.45. The number of ether oxygens (including phenoxy) is 4. The Kier molecular flexibility index (Phi) is 5.93. The topological polar surface area (TPSA) is 160 Å². The predicted octanol–water partition coefficient (Wildman–Crippen LogP) is 0.428. The number of carbonyl (C=O) groups is 2.